The molecule has 5 heteroatoms. The highest BCUT2D eigenvalue weighted by molar-refractivity contribution is 5.49. The van der Waals surface area contributed by atoms with Crippen LogP contribution in [0.1, 0.15) is 12.5 Å². The summed E-state index contributed by atoms with van der Waals surface area (Å²) in [6.45, 7) is 3.98. The van der Waals surface area contributed by atoms with Crippen LogP contribution in [0, 0.1) is 11.3 Å². The number of nitrogens with one attached hydrogen (secondary N) is 1. The molecule has 0 saturated carbocycles. The van der Waals surface area contributed by atoms with Crippen LogP contribution >= 0.6 is 0 Å². The van der Waals surface area contributed by atoms with Crippen LogP contribution in [0.2, 0.25) is 0 Å². The summed E-state index contributed by atoms with van der Waals surface area (Å²) in [6.07, 6.45) is 1.52. The Hall–Kier alpha value is -2.61. The molecule has 0 aliphatic rings. The molecule has 0 bridgehead atoms. The van der Waals surface area contributed by atoms with Crippen molar-refractivity contribution in [1.82, 2.24) is 9.97 Å². The molecule has 0 saturated heterocycles. The van der Waals surface area contributed by atoms with Gasteiger partial charge in [0, 0.05) is 19.2 Å². The highest BCUT2D eigenvalue weighted by Crippen LogP contribution is 2.16. The first-order chi connectivity index (χ1) is 9.83. The predicted molar refractivity (Wildman–Crippen MR) is 79.3 cm³/mol. The van der Waals surface area contributed by atoms with Crippen molar-refractivity contribution >= 4 is 11.6 Å². The third-order valence-corrected chi connectivity index (χ3v) is 2.92. The van der Waals surface area contributed by atoms with Crippen LogP contribution in [-0.4, -0.2) is 23.1 Å². The average molecular weight is 267 g/mol. The molecule has 2 rings (SSSR count). The van der Waals surface area contributed by atoms with E-state index in [0.29, 0.717) is 5.82 Å². The Morgan fingerprint density at radius 1 is 1.25 bits per heavy atom. The smallest absolute Gasteiger partial charge is 0.134 e. The first kappa shape index (κ1) is 13.8. The number of nitrogens with zero attached hydrogens (tertiary/aromatic N) is 4. The molecule has 102 valence electrons. The van der Waals surface area contributed by atoms with Crippen molar-refractivity contribution < 1.29 is 0 Å². The molecule has 1 aromatic heterocycles. The van der Waals surface area contributed by atoms with E-state index in [1.807, 2.05) is 30.3 Å². The molecule has 0 aliphatic carbocycles. The lowest BCUT2D eigenvalue weighted by atomic mass is 10.2. The van der Waals surface area contributed by atoms with Crippen LogP contribution in [0.25, 0.3) is 0 Å². The second-order valence-corrected chi connectivity index (χ2v) is 4.27. The number of rotatable bonds is 6. The molecule has 0 spiro atoms. The Bertz CT molecular complexity index is 576. The van der Waals surface area contributed by atoms with E-state index in [9.17, 15) is 0 Å². The number of hydrogen-bond acceptors (Lipinski definition) is 5. The van der Waals surface area contributed by atoms with E-state index in [4.69, 9.17) is 5.26 Å². The average Bonchev–Trinajstić information content (AvgIpc) is 2.52. The van der Waals surface area contributed by atoms with Crippen molar-refractivity contribution in [1.29, 1.82) is 5.26 Å². The summed E-state index contributed by atoms with van der Waals surface area (Å²) in [4.78, 5) is 10.6. The highest BCUT2D eigenvalue weighted by Gasteiger charge is 2.07. The summed E-state index contributed by atoms with van der Waals surface area (Å²) in [5, 5.41) is 11.5. The lowest BCUT2D eigenvalue weighted by Crippen LogP contribution is -2.23. The number of aromatic nitrogens is 2. The molecule has 5 nitrogen and oxygen atoms in total. The second-order valence-electron chi connectivity index (χ2n) is 4.27. The molecule has 0 amide bonds. The van der Waals surface area contributed by atoms with Crippen molar-refractivity contribution in [3.05, 3.63) is 48.3 Å². The van der Waals surface area contributed by atoms with Gasteiger partial charge in [0.25, 0.3) is 0 Å². The van der Waals surface area contributed by atoms with E-state index in [1.165, 1.54) is 11.9 Å². The molecule has 1 heterocycles. The first-order valence-electron chi connectivity index (χ1n) is 6.55. The number of anilines is 2. The maximum atomic E-state index is 8.58. The molecule has 1 N–H and O–H groups in total. The number of nitriles is 1. The van der Waals surface area contributed by atoms with Crippen molar-refractivity contribution in [2.75, 3.05) is 23.3 Å². The molecule has 0 atom stereocenters. The quantitative estimate of drug-likeness (QED) is 0.814. The van der Waals surface area contributed by atoms with Gasteiger partial charge < -0.3 is 10.2 Å². The zero-order valence-electron chi connectivity index (χ0n) is 11.5. The Morgan fingerprint density at radius 2 is 2.05 bits per heavy atom. The van der Waals surface area contributed by atoms with Gasteiger partial charge in [-0.25, -0.2) is 9.97 Å². The Balaban J connectivity index is 2.13. The van der Waals surface area contributed by atoms with E-state index in [0.717, 1.165) is 18.9 Å². The standard InChI is InChI=1S/C15H17N5/c1-2-20(11-13-6-4-3-5-7-13)15-10-14(17-9-8-16)18-12-19-15/h3-7,10,12H,2,9,11H2,1H3,(H,17,18,19). The van der Waals surface area contributed by atoms with Crippen molar-refractivity contribution in [3.8, 4) is 6.07 Å². The van der Waals surface area contributed by atoms with Gasteiger partial charge in [0.1, 0.15) is 24.5 Å². The monoisotopic (exact) mass is 267 g/mol. The van der Waals surface area contributed by atoms with Crippen molar-refractivity contribution in [3.63, 3.8) is 0 Å². The van der Waals surface area contributed by atoms with Gasteiger partial charge in [0.15, 0.2) is 0 Å². The maximum Gasteiger partial charge on any atom is 0.134 e. The van der Waals surface area contributed by atoms with Gasteiger partial charge in [0.2, 0.25) is 0 Å². The van der Waals surface area contributed by atoms with Crippen LogP contribution in [0.4, 0.5) is 11.6 Å². The fourth-order valence-electron chi connectivity index (χ4n) is 1.91. The Morgan fingerprint density at radius 3 is 2.75 bits per heavy atom. The van der Waals surface area contributed by atoms with Crippen molar-refractivity contribution in [2.45, 2.75) is 13.5 Å². The Kier molecular flexibility index (Phi) is 4.90. The molecule has 0 fully saturated rings. The molecule has 0 aliphatic heterocycles. The summed E-state index contributed by atoms with van der Waals surface area (Å²) in [6, 6.07) is 14.2. The van der Waals surface area contributed by atoms with Crippen molar-refractivity contribution in [2.24, 2.45) is 0 Å². The maximum absolute atomic E-state index is 8.58. The van der Waals surface area contributed by atoms with Gasteiger partial charge in [-0.1, -0.05) is 30.3 Å². The van der Waals surface area contributed by atoms with Gasteiger partial charge in [-0.2, -0.15) is 5.26 Å². The van der Waals surface area contributed by atoms with Gasteiger partial charge in [-0.15, -0.1) is 0 Å². The SMILES string of the molecule is CCN(Cc1ccccc1)c1cc(NCC#N)ncn1. The first-order valence-corrected chi connectivity index (χ1v) is 6.55. The molecular weight excluding hydrogens is 250 g/mol. The topological polar surface area (TPSA) is 64.8 Å². The van der Waals surface area contributed by atoms with Crippen LogP contribution in [-0.2, 0) is 6.54 Å². The number of hydrogen-bond donors (Lipinski definition) is 1. The third kappa shape index (κ3) is 3.69. The van der Waals surface area contributed by atoms with Gasteiger partial charge in [-0.05, 0) is 12.5 Å². The highest BCUT2D eigenvalue weighted by atomic mass is 15.2. The lowest BCUT2D eigenvalue weighted by Gasteiger charge is -2.22. The fourth-order valence-corrected chi connectivity index (χ4v) is 1.91. The van der Waals surface area contributed by atoms with Crippen LogP contribution in [0.15, 0.2) is 42.7 Å². The minimum absolute atomic E-state index is 0.237. The zero-order chi connectivity index (χ0) is 14.2. The van der Waals surface area contributed by atoms with E-state index in [2.05, 4.69) is 39.2 Å². The predicted octanol–water partition coefficient (Wildman–Crippen LogP) is 2.44. The molecule has 0 radical (unpaired) electrons. The molecule has 20 heavy (non-hydrogen) atoms. The summed E-state index contributed by atoms with van der Waals surface area (Å²) in [5.74, 6) is 1.52. The van der Waals surface area contributed by atoms with Gasteiger partial charge in [-0.3, -0.25) is 0 Å². The molecular formula is C15H17N5. The van der Waals surface area contributed by atoms with Crippen LogP contribution < -0.4 is 10.2 Å². The minimum Gasteiger partial charge on any atom is -0.357 e. The van der Waals surface area contributed by atoms with Gasteiger partial charge in [0.05, 0.1) is 6.07 Å². The van der Waals surface area contributed by atoms with Crippen LogP contribution in [0.3, 0.4) is 0 Å². The molecule has 2 aromatic rings. The summed E-state index contributed by atoms with van der Waals surface area (Å²) >= 11 is 0. The largest absolute Gasteiger partial charge is 0.357 e. The summed E-state index contributed by atoms with van der Waals surface area (Å²) in [7, 11) is 0. The van der Waals surface area contributed by atoms with Crippen LogP contribution in [0.5, 0.6) is 0 Å². The lowest BCUT2D eigenvalue weighted by molar-refractivity contribution is 0.810. The van der Waals surface area contributed by atoms with E-state index >= 15 is 0 Å². The van der Waals surface area contributed by atoms with Gasteiger partial charge >= 0.3 is 0 Å². The molecule has 1 aromatic carbocycles. The Labute approximate surface area is 118 Å². The molecule has 0 unspecified atom stereocenters. The van der Waals surface area contributed by atoms with E-state index in [1.54, 1.807) is 0 Å². The second kappa shape index (κ2) is 7.10. The summed E-state index contributed by atoms with van der Waals surface area (Å²) in [5.41, 5.74) is 1.24. The fraction of sp³-hybridized carbons (Fsp3) is 0.267. The zero-order valence-corrected chi connectivity index (χ0v) is 11.5. The summed E-state index contributed by atoms with van der Waals surface area (Å²) < 4.78 is 0. The number of benzene rings is 1. The third-order valence-electron chi connectivity index (χ3n) is 2.92. The van der Waals surface area contributed by atoms with E-state index in [-0.39, 0.29) is 6.54 Å². The van der Waals surface area contributed by atoms with E-state index < -0.39 is 0 Å². The minimum atomic E-state index is 0.237. The normalized spacial score (nSPS) is 9.80.